The Morgan fingerprint density at radius 1 is 1.23 bits per heavy atom. The molecule has 0 radical (unpaired) electrons. The first-order valence-corrected chi connectivity index (χ1v) is 8.55. The topological polar surface area (TPSA) is 41.4 Å². The van der Waals surface area contributed by atoms with Crippen molar-refractivity contribution in [2.45, 2.75) is 13.5 Å². The highest BCUT2D eigenvalue weighted by atomic mass is 35.5. The molecule has 0 spiro atoms. The Balaban J connectivity index is 1.94. The molecule has 0 N–H and O–H groups in total. The summed E-state index contributed by atoms with van der Waals surface area (Å²) in [7, 11) is 0. The summed E-state index contributed by atoms with van der Waals surface area (Å²) in [4.78, 5) is 15.2. The predicted molar refractivity (Wildman–Crippen MR) is 94.2 cm³/mol. The van der Waals surface area contributed by atoms with Gasteiger partial charge in [-0.05, 0) is 25.1 Å². The number of benzene rings is 1. The Bertz CT molecular complexity index is 703. The SMILES string of the molecule is Cc1ncc(CN(C2=NCCS2)c2ccc(Cl)cc2Cl)cn1. The van der Waals surface area contributed by atoms with Crippen LogP contribution in [0.25, 0.3) is 0 Å². The third kappa shape index (κ3) is 3.54. The fraction of sp³-hybridized carbons (Fsp3) is 0.267. The van der Waals surface area contributed by atoms with Gasteiger partial charge in [0.15, 0.2) is 5.17 Å². The van der Waals surface area contributed by atoms with Gasteiger partial charge in [0.1, 0.15) is 5.82 Å². The second-order valence-electron chi connectivity index (χ2n) is 4.83. The summed E-state index contributed by atoms with van der Waals surface area (Å²) in [6.07, 6.45) is 3.67. The van der Waals surface area contributed by atoms with Crippen LogP contribution in [-0.4, -0.2) is 27.4 Å². The first-order chi connectivity index (χ1) is 10.6. The Morgan fingerprint density at radius 3 is 2.64 bits per heavy atom. The Labute approximate surface area is 143 Å². The lowest BCUT2D eigenvalue weighted by atomic mass is 10.2. The normalized spacial score (nSPS) is 14.0. The summed E-state index contributed by atoms with van der Waals surface area (Å²) < 4.78 is 0. The van der Waals surface area contributed by atoms with E-state index >= 15 is 0 Å². The highest BCUT2D eigenvalue weighted by Gasteiger charge is 2.20. The van der Waals surface area contributed by atoms with Crippen LogP contribution >= 0.6 is 35.0 Å². The van der Waals surface area contributed by atoms with Crippen molar-refractivity contribution >= 4 is 45.8 Å². The number of hydrogen-bond donors (Lipinski definition) is 0. The van der Waals surface area contributed by atoms with Gasteiger partial charge in [-0.1, -0.05) is 35.0 Å². The predicted octanol–water partition coefficient (Wildman–Crippen LogP) is 4.20. The molecule has 0 saturated heterocycles. The largest absolute Gasteiger partial charge is 0.315 e. The van der Waals surface area contributed by atoms with Gasteiger partial charge in [0.25, 0.3) is 0 Å². The number of rotatable bonds is 3. The molecule has 22 heavy (non-hydrogen) atoms. The van der Waals surface area contributed by atoms with E-state index in [0.29, 0.717) is 16.6 Å². The van der Waals surface area contributed by atoms with Crippen molar-refractivity contribution in [3.05, 3.63) is 52.0 Å². The van der Waals surface area contributed by atoms with E-state index in [2.05, 4.69) is 19.9 Å². The van der Waals surface area contributed by atoms with Crippen LogP contribution in [0.5, 0.6) is 0 Å². The summed E-state index contributed by atoms with van der Waals surface area (Å²) in [6, 6.07) is 5.50. The number of nitrogens with zero attached hydrogens (tertiary/aromatic N) is 4. The van der Waals surface area contributed by atoms with Crippen LogP contribution in [0.3, 0.4) is 0 Å². The van der Waals surface area contributed by atoms with Gasteiger partial charge in [-0.15, -0.1) is 0 Å². The minimum atomic E-state index is 0.607. The lowest BCUT2D eigenvalue weighted by molar-refractivity contribution is 0.946. The van der Waals surface area contributed by atoms with E-state index in [9.17, 15) is 0 Å². The number of anilines is 1. The molecule has 0 saturated carbocycles. The van der Waals surface area contributed by atoms with Crippen molar-refractivity contribution in [2.75, 3.05) is 17.2 Å². The van der Waals surface area contributed by atoms with Crippen LogP contribution in [0.4, 0.5) is 5.69 Å². The highest BCUT2D eigenvalue weighted by Crippen LogP contribution is 2.32. The molecule has 0 unspecified atom stereocenters. The monoisotopic (exact) mass is 352 g/mol. The quantitative estimate of drug-likeness (QED) is 0.829. The minimum Gasteiger partial charge on any atom is -0.315 e. The lowest BCUT2D eigenvalue weighted by Crippen LogP contribution is -2.27. The number of hydrogen-bond acceptors (Lipinski definition) is 5. The van der Waals surface area contributed by atoms with Crippen LogP contribution in [0.2, 0.25) is 10.0 Å². The highest BCUT2D eigenvalue weighted by molar-refractivity contribution is 8.14. The molecule has 1 aromatic carbocycles. The molecule has 0 fully saturated rings. The molecule has 1 aromatic heterocycles. The average Bonchev–Trinajstić information content (AvgIpc) is 3.01. The number of halogens is 2. The molecular weight excluding hydrogens is 339 g/mol. The Kier molecular flexibility index (Phi) is 4.86. The fourth-order valence-corrected chi connectivity index (χ4v) is 3.50. The summed E-state index contributed by atoms with van der Waals surface area (Å²) in [5.74, 6) is 1.74. The summed E-state index contributed by atoms with van der Waals surface area (Å²) in [6.45, 7) is 3.31. The van der Waals surface area contributed by atoms with Crippen molar-refractivity contribution in [3.63, 3.8) is 0 Å². The fourth-order valence-electron chi connectivity index (χ4n) is 2.13. The summed E-state index contributed by atoms with van der Waals surface area (Å²) in [5, 5.41) is 2.19. The van der Waals surface area contributed by atoms with Gasteiger partial charge in [-0.25, -0.2) is 9.97 Å². The maximum absolute atomic E-state index is 6.37. The molecule has 2 heterocycles. The second-order valence-corrected chi connectivity index (χ2v) is 6.74. The summed E-state index contributed by atoms with van der Waals surface area (Å²) >= 11 is 14.1. The van der Waals surface area contributed by atoms with E-state index in [1.807, 2.05) is 31.5 Å². The van der Waals surface area contributed by atoms with Crippen molar-refractivity contribution < 1.29 is 0 Å². The molecule has 7 heteroatoms. The lowest BCUT2D eigenvalue weighted by Gasteiger charge is -2.25. The molecule has 1 aliphatic heterocycles. The molecule has 0 bridgehead atoms. The van der Waals surface area contributed by atoms with Gasteiger partial charge in [-0.2, -0.15) is 0 Å². The zero-order chi connectivity index (χ0) is 15.5. The van der Waals surface area contributed by atoms with E-state index in [1.165, 1.54) is 0 Å². The van der Waals surface area contributed by atoms with Crippen LogP contribution in [0.15, 0.2) is 35.6 Å². The van der Waals surface area contributed by atoms with Gasteiger partial charge in [0.05, 0.1) is 23.8 Å². The smallest absolute Gasteiger partial charge is 0.164 e. The summed E-state index contributed by atoms with van der Waals surface area (Å²) in [5.41, 5.74) is 1.90. The molecule has 0 atom stereocenters. The average molecular weight is 353 g/mol. The van der Waals surface area contributed by atoms with E-state index in [-0.39, 0.29) is 0 Å². The van der Waals surface area contributed by atoms with Crippen molar-refractivity contribution in [1.82, 2.24) is 9.97 Å². The second kappa shape index (κ2) is 6.86. The maximum Gasteiger partial charge on any atom is 0.164 e. The molecular formula is C15H14Cl2N4S. The molecule has 0 amide bonds. The number of aliphatic imine (C=N–C) groups is 1. The van der Waals surface area contributed by atoms with Crippen LogP contribution in [0.1, 0.15) is 11.4 Å². The van der Waals surface area contributed by atoms with Crippen LogP contribution in [-0.2, 0) is 6.54 Å². The van der Waals surface area contributed by atoms with Gasteiger partial charge in [-0.3, -0.25) is 4.99 Å². The van der Waals surface area contributed by atoms with E-state index in [1.54, 1.807) is 17.8 Å². The van der Waals surface area contributed by atoms with Crippen LogP contribution in [0, 0.1) is 6.92 Å². The third-order valence-electron chi connectivity index (χ3n) is 3.18. The number of thioether (sulfide) groups is 1. The van der Waals surface area contributed by atoms with Crippen molar-refractivity contribution in [3.8, 4) is 0 Å². The third-order valence-corrected chi connectivity index (χ3v) is 4.71. The molecule has 114 valence electrons. The van der Waals surface area contributed by atoms with E-state index < -0.39 is 0 Å². The van der Waals surface area contributed by atoms with Crippen LogP contribution < -0.4 is 4.90 Å². The van der Waals surface area contributed by atoms with Gasteiger partial charge >= 0.3 is 0 Å². The first kappa shape index (κ1) is 15.6. The Morgan fingerprint density at radius 2 is 2.00 bits per heavy atom. The van der Waals surface area contributed by atoms with E-state index in [4.69, 9.17) is 23.2 Å². The van der Waals surface area contributed by atoms with Crippen molar-refractivity contribution in [1.29, 1.82) is 0 Å². The van der Waals surface area contributed by atoms with Gasteiger partial charge < -0.3 is 4.90 Å². The molecule has 0 aliphatic carbocycles. The number of aryl methyl sites for hydroxylation is 1. The maximum atomic E-state index is 6.37. The molecule has 1 aliphatic rings. The zero-order valence-corrected chi connectivity index (χ0v) is 14.3. The Hall–Kier alpha value is -1.30. The zero-order valence-electron chi connectivity index (χ0n) is 12.0. The molecule has 3 rings (SSSR count). The number of aromatic nitrogens is 2. The van der Waals surface area contributed by atoms with Crippen molar-refractivity contribution in [2.24, 2.45) is 4.99 Å². The molecule has 4 nitrogen and oxygen atoms in total. The van der Waals surface area contributed by atoms with E-state index in [0.717, 1.165) is 34.5 Å². The van der Waals surface area contributed by atoms with Gasteiger partial charge in [0.2, 0.25) is 0 Å². The van der Waals surface area contributed by atoms with Gasteiger partial charge in [0, 0.05) is 28.7 Å². The first-order valence-electron chi connectivity index (χ1n) is 6.81. The standard InChI is InChI=1S/C15H14Cl2N4S/c1-10-19-7-11(8-20-10)9-21(15-18-4-5-22-15)14-3-2-12(16)6-13(14)17/h2-3,6-8H,4-5,9H2,1H3. The molecule has 2 aromatic rings. The minimum absolute atomic E-state index is 0.607. The number of amidine groups is 1.